The van der Waals surface area contributed by atoms with Crippen molar-refractivity contribution in [2.45, 2.75) is 45.3 Å². The van der Waals surface area contributed by atoms with Crippen LogP contribution in [0.3, 0.4) is 0 Å². The third kappa shape index (κ3) is 3.44. The molecule has 2 rings (SSSR count). The molecule has 16 heavy (non-hydrogen) atoms. The third-order valence-corrected chi connectivity index (χ3v) is 3.81. The first kappa shape index (κ1) is 12.3. The highest BCUT2D eigenvalue weighted by Gasteiger charge is 2.32. The highest BCUT2D eigenvalue weighted by molar-refractivity contribution is 4.82. The normalized spacial score (nSPS) is 31.7. The number of hydrogen-bond donors (Lipinski definition) is 1. The molecule has 0 bridgehead atoms. The van der Waals surface area contributed by atoms with Crippen molar-refractivity contribution in [1.29, 1.82) is 0 Å². The van der Waals surface area contributed by atoms with Crippen LogP contribution in [0.2, 0.25) is 0 Å². The lowest BCUT2D eigenvalue weighted by Gasteiger charge is -2.40. The molecule has 2 aliphatic heterocycles. The average Bonchev–Trinajstić information content (AvgIpc) is 2.19. The summed E-state index contributed by atoms with van der Waals surface area (Å²) in [6, 6.07) is 0.610. The maximum atomic E-state index is 5.59. The molecule has 0 amide bonds. The van der Waals surface area contributed by atoms with Gasteiger partial charge in [0.15, 0.2) is 0 Å². The van der Waals surface area contributed by atoms with Crippen molar-refractivity contribution in [3.8, 4) is 0 Å². The van der Waals surface area contributed by atoms with Gasteiger partial charge in [0.2, 0.25) is 0 Å². The van der Waals surface area contributed by atoms with Crippen LogP contribution >= 0.6 is 0 Å². The van der Waals surface area contributed by atoms with E-state index < -0.39 is 0 Å². The van der Waals surface area contributed by atoms with Gasteiger partial charge in [-0.2, -0.15) is 0 Å². The Morgan fingerprint density at radius 1 is 1.31 bits per heavy atom. The van der Waals surface area contributed by atoms with Crippen LogP contribution in [-0.4, -0.2) is 49.8 Å². The summed E-state index contributed by atoms with van der Waals surface area (Å²) < 4.78 is 5.59. The summed E-state index contributed by atoms with van der Waals surface area (Å²) in [7, 11) is 0. The third-order valence-electron chi connectivity index (χ3n) is 3.81. The zero-order valence-electron chi connectivity index (χ0n) is 10.7. The molecule has 0 spiro atoms. The van der Waals surface area contributed by atoms with Crippen molar-refractivity contribution in [1.82, 2.24) is 10.2 Å². The Bertz CT molecular complexity index is 208. The van der Waals surface area contributed by atoms with Crippen molar-refractivity contribution in [2.24, 2.45) is 5.92 Å². The number of nitrogens with one attached hydrogen (secondary N) is 1. The van der Waals surface area contributed by atoms with E-state index in [0.29, 0.717) is 12.1 Å². The second-order valence-corrected chi connectivity index (χ2v) is 5.51. The Morgan fingerprint density at radius 3 is 2.88 bits per heavy atom. The van der Waals surface area contributed by atoms with Crippen molar-refractivity contribution in [3.05, 3.63) is 0 Å². The van der Waals surface area contributed by atoms with E-state index in [2.05, 4.69) is 24.1 Å². The first-order valence-electron chi connectivity index (χ1n) is 6.83. The minimum Gasteiger partial charge on any atom is -0.377 e. The second kappa shape index (κ2) is 5.99. The molecule has 2 atom stereocenters. The molecule has 0 aromatic carbocycles. The Kier molecular flexibility index (Phi) is 4.62. The monoisotopic (exact) mass is 226 g/mol. The summed E-state index contributed by atoms with van der Waals surface area (Å²) in [5.41, 5.74) is 0. The van der Waals surface area contributed by atoms with E-state index in [9.17, 15) is 0 Å². The van der Waals surface area contributed by atoms with E-state index >= 15 is 0 Å². The van der Waals surface area contributed by atoms with Gasteiger partial charge in [-0.15, -0.1) is 0 Å². The van der Waals surface area contributed by atoms with Gasteiger partial charge in [0.1, 0.15) is 0 Å². The molecule has 2 aliphatic rings. The van der Waals surface area contributed by atoms with Crippen LogP contribution in [0.25, 0.3) is 0 Å². The number of likely N-dealkylation sites (tertiary alicyclic amines) is 1. The van der Waals surface area contributed by atoms with E-state index in [-0.39, 0.29) is 0 Å². The maximum Gasteiger partial charge on any atom is 0.0626 e. The van der Waals surface area contributed by atoms with Gasteiger partial charge in [-0.25, -0.2) is 0 Å². The van der Waals surface area contributed by atoms with Gasteiger partial charge in [0, 0.05) is 25.0 Å². The summed E-state index contributed by atoms with van der Waals surface area (Å²) in [6.45, 7) is 10.3. The van der Waals surface area contributed by atoms with Gasteiger partial charge in [-0.1, -0.05) is 13.8 Å². The molecule has 0 saturated carbocycles. The van der Waals surface area contributed by atoms with Crippen LogP contribution in [0, 0.1) is 5.92 Å². The smallest absolute Gasteiger partial charge is 0.0626 e. The minimum absolute atomic E-state index is 0.607. The fraction of sp³-hybridized carbons (Fsp3) is 1.00. The number of nitrogens with zero attached hydrogens (tertiary/aromatic N) is 1. The second-order valence-electron chi connectivity index (χ2n) is 5.51. The average molecular weight is 226 g/mol. The van der Waals surface area contributed by atoms with Gasteiger partial charge in [-0.05, 0) is 32.4 Å². The Balaban J connectivity index is 1.65. The molecule has 94 valence electrons. The number of hydrogen-bond acceptors (Lipinski definition) is 3. The van der Waals surface area contributed by atoms with Crippen LogP contribution in [-0.2, 0) is 4.74 Å². The molecule has 2 heterocycles. The lowest BCUT2D eigenvalue weighted by atomic mass is 9.89. The van der Waals surface area contributed by atoms with Crippen molar-refractivity contribution < 1.29 is 4.74 Å². The van der Waals surface area contributed by atoms with Crippen LogP contribution in [0.5, 0.6) is 0 Å². The SMILES string of the molecule is CC(C)NCCN1CCCC2OCC2CC1. The summed E-state index contributed by atoms with van der Waals surface area (Å²) in [5, 5.41) is 3.50. The summed E-state index contributed by atoms with van der Waals surface area (Å²) in [5.74, 6) is 0.862. The molecule has 0 radical (unpaired) electrons. The van der Waals surface area contributed by atoms with Crippen LogP contribution in [0.4, 0.5) is 0 Å². The molecule has 0 aromatic heterocycles. The zero-order valence-corrected chi connectivity index (χ0v) is 10.7. The minimum atomic E-state index is 0.607. The number of fused-ring (bicyclic) bond motifs is 1. The van der Waals surface area contributed by atoms with Gasteiger partial charge >= 0.3 is 0 Å². The molecule has 0 aromatic rings. The first-order valence-corrected chi connectivity index (χ1v) is 6.83. The molecule has 3 heteroatoms. The maximum absolute atomic E-state index is 5.59. The Labute approximate surface area is 99.5 Å². The van der Waals surface area contributed by atoms with Crippen LogP contribution in [0.15, 0.2) is 0 Å². The fourth-order valence-electron chi connectivity index (χ4n) is 2.67. The molecular formula is C13H26N2O. The fourth-order valence-corrected chi connectivity index (χ4v) is 2.67. The predicted molar refractivity (Wildman–Crippen MR) is 66.7 cm³/mol. The number of ether oxygens (including phenoxy) is 1. The van der Waals surface area contributed by atoms with E-state index in [1.54, 1.807) is 0 Å². The highest BCUT2D eigenvalue weighted by atomic mass is 16.5. The van der Waals surface area contributed by atoms with E-state index in [1.807, 2.05) is 0 Å². The molecule has 1 N–H and O–H groups in total. The van der Waals surface area contributed by atoms with Crippen molar-refractivity contribution in [3.63, 3.8) is 0 Å². The molecular weight excluding hydrogens is 200 g/mol. The van der Waals surface area contributed by atoms with Crippen LogP contribution in [0.1, 0.15) is 33.1 Å². The Hall–Kier alpha value is -0.120. The van der Waals surface area contributed by atoms with E-state index in [4.69, 9.17) is 4.74 Å². The molecule has 3 nitrogen and oxygen atoms in total. The molecule has 2 saturated heterocycles. The lowest BCUT2D eigenvalue weighted by Crippen LogP contribution is -2.45. The van der Waals surface area contributed by atoms with E-state index in [1.165, 1.54) is 38.9 Å². The van der Waals surface area contributed by atoms with Crippen molar-refractivity contribution >= 4 is 0 Å². The number of rotatable bonds is 4. The quantitative estimate of drug-likeness (QED) is 0.786. The summed E-state index contributed by atoms with van der Waals surface area (Å²) in [6.07, 6.45) is 4.53. The summed E-state index contributed by atoms with van der Waals surface area (Å²) >= 11 is 0. The van der Waals surface area contributed by atoms with Gasteiger partial charge < -0.3 is 15.0 Å². The highest BCUT2D eigenvalue weighted by Crippen LogP contribution is 2.29. The molecule has 2 unspecified atom stereocenters. The van der Waals surface area contributed by atoms with Gasteiger partial charge in [0.25, 0.3) is 0 Å². The zero-order chi connectivity index (χ0) is 11.4. The largest absolute Gasteiger partial charge is 0.377 e. The molecule has 2 fully saturated rings. The van der Waals surface area contributed by atoms with Crippen LogP contribution < -0.4 is 5.32 Å². The molecule has 0 aliphatic carbocycles. The van der Waals surface area contributed by atoms with E-state index in [0.717, 1.165) is 19.1 Å². The van der Waals surface area contributed by atoms with Crippen molar-refractivity contribution in [2.75, 3.05) is 32.8 Å². The Morgan fingerprint density at radius 2 is 2.19 bits per heavy atom. The van der Waals surface area contributed by atoms with Gasteiger partial charge in [0.05, 0.1) is 12.7 Å². The standard InChI is InChI=1S/C13H26N2O/c1-11(2)14-6-9-15-7-3-4-13-12(5-8-15)10-16-13/h11-14H,3-10H2,1-2H3. The predicted octanol–water partition coefficient (Wildman–Crippen LogP) is 1.49. The summed E-state index contributed by atoms with van der Waals surface area (Å²) in [4.78, 5) is 2.62. The van der Waals surface area contributed by atoms with Gasteiger partial charge in [-0.3, -0.25) is 0 Å². The lowest BCUT2D eigenvalue weighted by molar-refractivity contribution is -0.128. The topological polar surface area (TPSA) is 24.5 Å². The first-order chi connectivity index (χ1) is 7.75.